The monoisotopic (exact) mass is 408 g/mol. The first-order valence-electron chi connectivity index (χ1n) is 9.11. The van der Waals surface area contributed by atoms with E-state index in [4.69, 9.17) is 0 Å². The van der Waals surface area contributed by atoms with Gasteiger partial charge in [-0.25, -0.2) is 12.8 Å². The van der Waals surface area contributed by atoms with Crippen LogP contribution in [0.15, 0.2) is 34.5 Å². The number of carbonyl (C=O) groups excluding carboxylic acids is 1. The Hall–Kier alpha value is -1.77. The van der Waals surface area contributed by atoms with Crippen LogP contribution in [0.3, 0.4) is 0 Å². The molecule has 5 nitrogen and oxygen atoms in total. The lowest BCUT2D eigenvalue weighted by Gasteiger charge is -2.34. The van der Waals surface area contributed by atoms with Crippen LogP contribution < -0.4 is 0 Å². The van der Waals surface area contributed by atoms with Crippen LogP contribution in [0.1, 0.15) is 33.6 Å². The van der Waals surface area contributed by atoms with Gasteiger partial charge in [-0.1, -0.05) is 6.07 Å². The van der Waals surface area contributed by atoms with Crippen molar-refractivity contribution >= 4 is 27.3 Å². The number of halogens is 1. The summed E-state index contributed by atoms with van der Waals surface area (Å²) in [5, 5.41) is 1.95. The Morgan fingerprint density at radius 2 is 1.81 bits per heavy atom. The fraction of sp³-hybridized carbons (Fsp3) is 0.421. The van der Waals surface area contributed by atoms with Gasteiger partial charge in [-0.05, 0) is 49.4 Å². The maximum Gasteiger partial charge on any atom is 0.255 e. The van der Waals surface area contributed by atoms with E-state index in [9.17, 15) is 17.6 Å². The van der Waals surface area contributed by atoms with Crippen molar-refractivity contribution in [3.63, 3.8) is 0 Å². The van der Waals surface area contributed by atoms with Crippen molar-refractivity contribution in [2.45, 2.75) is 30.6 Å². The predicted octanol–water partition coefficient (Wildman–Crippen LogP) is 2.91. The lowest BCUT2D eigenvalue weighted by Crippen LogP contribution is -2.50. The number of hydrogen-bond acceptors (Lipinski definition) is 4. The first-order valence-corrected chi connectivity index (χ1v) is 11.4. The predicted molar refractivity (Wildman–Crippen MR) is 102 cm³/mol. The van der Waals surface area contributed by atoms with Crippen LogP contribution in [0.4, 0.5) is 4.39 Å². The molecule has 0 spiro atoms. The third-order valence-corrected chi connectivity index (χ3v) is 8.23. The molecule has 1 aromatic carbocycles. The van der Waals surface area contributed by atoms with Gasteiger partial charge in [0.25, 0.3) is 5.91 Å². The normalized spacial score (nSPS) is 18.3. The summed E-state index contributed by atoms with van der Waals surface area (Å²) in [5.41, 5.74) is 1.97. The SMILES string of the molecule is O=C(c1csc2c1CCCC2)N1CCN(S(=O)(=O)c2cccc(F)c2)CC1. The number of sulfonamides is 1. The molecule has 4 rings (SSSR count). The second-order valence-electron chi connectivity index (χ2n) is 6.91. The minimum absolute atomic E-state index is 0.00259. The lowest BCUT2D eigenvalue weighted by molar-refractivity contribution is 0.0697. The smallest absolute Gasteiger partial charge is 0.255 e. The largest absolute Gasteiger partial charge is 0.336 e. The number of amides is 1. The molecule has 0 unspecified atom stereocenters. The Morgan fingerprint density at radius 3 is 2.56 bits per heavy atom. The molecule has 144 valence electrons. The van der Waals surface area contributed by atoms with E-state index in [0.717, 1.165) is 30.9 Å². The van der Waals surface area contributed by atoms with Crippen molar-refractivity contribution in [3.8, 4) is 0 Å². The maximum atomic E-state index is 13.4. The van der Waals surface area contributed by atoms with Crippen LogP contribution in [-0.4, -0.2) is 49.7 Å². The number of hydrogen-bond donors (Lipinski definition) is 0. The highest BCUT2D eigenvalue weighted by molar-refractivity contribution is 7.89. The Bertz CT molecular complexity index is 963. The quantitative estimate of drug-likeness (QED) is 0.785. The number of benzene rings is 1. The molecule has 1 fully saturated rings. The molecule has 27 heavy (non-hydrogen) atoms. The molecule has 0 radical (unpaired) electrons. The van der Waals surface area contributed by atoms with Crippen LogP contribution in [0.2, 0.25) is 0 Å². The van der Waals surface area contributed by atoms with Gasteiger partial charge in [0.1, 0.15) is 5.82 Å². The average Bonchev–Trinajstić information content (AvgIpc) is 3.12. The molecular weight excluding hydrogens is 387 g/mol. The van der Waals surface area contributed by atoms with Gasteiger partial charge in [0.2, 0.25) is 10.0 Å². The number of piperazine rings is 1. The molecule has 1 aliphatic heterocycles. The molecule has 2 aromatic rings. The van der Waals surface area contributed by atoms with Crippen molar-refractivity contribution in [2.75, 3.05) is 26.2 Å². The van der Waals surface area contributed by atoms with Crippen LogP contribution in [0.25, 0.3) is 0 Å². The fourth-order valence-corrected chi connectivity index (χ4v) is 6.33. The van der Waals surface area contributed by atoms with Crippen molar-refractivity contribution in [1.29, 1.82) is 0 Å². The zero-order chi connectivity index (χ0) is 19.0. The van der Waals surface area contributed by atoms with Crippen molar-refractivity contribution < 1.29 is 17.6 Å². The summed E-state index contributed by atoms with van der Waals surface area (Å²) < 4.78 is 40.1. The van der Waals surface area contributed by atoms with E-state index in [2.05, 4.69) is 0 Å². The van der Waals surface area contributed by atoms with E-state index in [0.29, 0.717) is 13.1 Å². The summed E-state index contributed by atoms with van der Waals surface area (Å²) in [6, 6.07) is 5.04. The Balaban J connectivity index is 1.46. The molecule has 1 aromatic heterocycles. The zero-order valence-corrected chi connectivity index (χ0v) is 16.5. The number of nitrogens with zero attached hydrogens (tertiary/aromatic N) is 2. The summed E-state index contributed by atoms with van der Waals surface area (Å²) >= 11 is 1.66. The summed E-state index contributed by atoms with van der Waals surface area (Å²) in [6.07, 6.45) is 4.29. The molecule has 2 heterocycles. The van der Waals surface area contributed by atoms with Crippen LogP contribution in [-0.2, 0) is 22.9 Å². The van der Waals surface area contributed by atoms with Crippen LogP contribution in [0, 0.1) is 5.82 Å². The van der Waals surface area contributed by atoms with Gasteiger partial charge in [0, 0.05) is 36.4 Å². The van der Waals surface area contributed by atoms with Crippen molar-refractivity contribution in [3.05, 3.63) is 51.5 Å². The van der Waals surface area contributed by atoms with E-state index in [-0.39, 0.29) is 23.9 Å². The molecular formula is C19H21FN2O3S2. The van der Waals surface area contributed by atoms with Gasteiger partial charge >= 0.3 is 0 Å². The molecule has 0 atom stereocenters. The molecule has 1 aliphatic carbocycles. The summed E-state index contributed by atoms with van der Waals surface area (Å²) in [5.74, 6) is -0.579. The number of thiophene rings is 1. The maximum absolute atomic E-state index is 13.4. The Morgan fingerprint density at radius 1 is 1.07 bits per heavy atom. The highest BCUT2D eigenvalue weighted by Gasteiger charge is 2.32. The number of aryl methyl sites for hydroxylation is 1. The highest BCUT2D eigenvalue weighted by atomic mass is 32.2. The zero-order valence-electron chi connectivity index (χ0n) is 14.9. The minimum atomic E-state index is -3.74. The van der Waals surface area contributed by atoms with Crippen LogP contribution in [0.5, 0.6) is 0 Å². The van der Waals surface area contributed by atoms with E-state index < -0.39 is 15.8 Å². The molecule has 0 N–H and O–H groups in total. The second-order valence-corrected chi connectivity index (χ2v) is 9.81. The molecule has 0 saturated carbocycles. The van der Waals surface area contributed by atoms with Gasteiger partial charge in [-0.2, -0.15) is 4.31 Å². The third kappa shape index (κ3) is 3.53. The van der Waals surface area contributed by atoms with Crippen LogP contribution >= 0.6 is 11.3 Å². The standard InChI is InChI=1S/C19H21FN2O3S2/c20-14-4-3-5-15(12-14)27(24,25)22-10-8-21(9-11-22)19(23)17-13-26-18-7-2-1-6-16(17)18/h3-5,12-13H,1-2,6-11H2. The van der Waals surface area contributed by atoms with Crippen molar-refractivity contribution in [2.24, 2.45) is 0 Å². The topological polar surface area (TPSA) is 57.7 Å². The lowest BCUT2D eigenvalue weighted by atomic mass is 9.95. The number of rotatable bonds is 3. The summed E-state index contributed by atoms with van der Waals surface area (Å²) in [7, 11) is -3.74. The fourth-order valence-electron chi connectivity index (χ4n) is 3.75. The summed E-state index contributed by atoms with van der Waals surface area (Å²) in [6.45, 7) is 1.13. The number of carbonyl (C=O) groups is 1. The molecule has 1 amide bonds. The first kappa shape index (κ1) is 18.6. The molecule has 8 heteroatoms. The highest BCUT2D eigenvalue weighted by Crippen LogP contribution is 2.31. The van der Waals surface area contributed by atoms with Gasteiger partial charge in [0.15, 0.2) is 0 Å². The van der Waals surface area contributed by atoms with Gasteiger partial charge < -0.3 is 4.90 Å². The Labute approximate surface area is 162 Å². The first-order chi connectivity index (χ1) is 13.0. The molecule has 1 saturated heterocycles. The second kappa shape index (κ2) is 7.33. The molecule has 0 bridgehead atoms. The molecule has 2 aliphatic rings. The minimum Gasteiger partial charge on any atom is -0.336 e. The number of fused-ring (bicyclic) bond motifs is 1. The van der Waals surface area contributed by atoms with Gasteiger partial charge in [-0.15, -0.1) is 11.3 Å². The van der Waals surface area contributed by atoms with E-state index in [1.807, 2.05) is 5.38 Å². The third-order valence-electron chi connectivity index (χ3n) is 5.25. The van der Waals surface area contributed by atoms with E-state index in [1.165, 1.54) is 39.4 Å². The summed E-state index contributed by atoms with van der Waals surface area (Å²) in [4.78, 5) is 15.9. The van der Waals surface area contributed by atoms with E-state index >= 15 is 0 Å². The van der Waals surface area contributed by atoms with E-state index in [1.54, 1.807) is 16.2 Å². The van der Waals surface area contributed by atoms with Gasteiger partial charge in [-0.3, -0.25) is 4.79 Å². The van der Waals surface area contributed by atoms with Gasteiger partial charge in [0.05, 0.1) is 10.5 Å². The Kier molecular flexibility index (Phi) is 5.05. The van der Waals surface area contributed by atoms with Crippen molar-refractivity contribution in [1.82, 2.24) is 9.21 Å². The average molecular weight is 409 g/mol.